The number of amides is 2. The van der Waals surface area contributed by atoms with Gasteiger partial charge in [-0.2, -0.15) is 0 Å². The molecule has 1 atom stereocenters. The molecule has 0 unspecified atom stereocenters. The van der Waals surface area contributed by atoms with Gasteiger partial charge in [0.2, 0.25) is 11.8 Å². The minimum atomic E-state index is -0.452. The predicted molar refractivity (Wildman–Crippen MR) is 117 cm³/mol. The number of piperidine rings is 1. The van der Waals surface area contributed by atoms with E-state index in [1.165, 1.54) is 11.3 Å². The number of thiazole rings is 1. The van der Waals surface area contributed by atoms with Crippen LogP contribution in [0.5, 0.6) is 0 Å². The highest BCUT2D eigenvalue weighted by Crippen LogP contribution is 2.28. The number of carbonyl (C=O) groups excluding carboxylic acids is 2. The number of benzene rings is 1. The summed E-state index contributed by atoms with van der Waals surface area (Å²) in [4.78, 5) is 34.9. The molecule has 3 N–H and O–H groups in total. The van der Waals surface area contributed by atoms with Gasteiger partial charge in [-0.05, 0) is 43.7 Å². The second-order valence-corrected chi connectivity index (χ2v) is 8.25. The number of nitrogens with zero attached hydrogens (tertiary/aromatic N) is 3. The predicted octanol–water partition coefficient (Wildman–Crippen LogP) is 3.12. The summed E-state index contributed by atoms with van der Waals surface area (Å²) in [7, 11) is 0. The normalized spacial score (nSPS) is 16.9. The molecule has 1 aliphatic heterocycles. The number of pyridine rings is 1. The van der Waals surface area contributed by atoms with Crippen LogP contribution in [0.1, 0.15) is 34.8 Å². The van der Waals surface area contributed by atoms with E-state index in [-0.39, 0.29) is 11.8 Å². The summed E-state index contributed by atoms with van der Waals surface area (Å²) in [5.41, 5.74) is 8.55. The summed E-state index contributed by atoms with van der Waals surface area (Å²) in [5, 5.41) is 5.31. The average molecular weight is 422 g/mol. The Bertz CT molecular complexity index is 1040. The maximum Gasteiger partial charge on any atom is 0.248 e. The lowest BCUT2D eigenvalue weighted by Crippen LogP contribution is -2.40. The Morgan fingerprint density at radius 1 is 1.23 bits per heavy atom. The maximum atomic E-state index is 12.3. The van der Waals surface area contributed by atoms with Crippen LogP contribution in [0.25, 0.3) is 11.3 Å². The summed E-state index contributed by atoms with van der Waals surface area (Å²) in [5.74, 6) is -0.242. The van der Waals surface area contributed by atoms with Gasteiger partial charge in [0.05, 0.1) is 12.2 Å². The number of rotatable bonds is 6. The van der Waals surface area contributed by atoms with Gasteiger partial charge in [0.1, 0.15) is 0 Å². The van der Waals surface area contributed by atoms with Crippen LogP contribution in [-0.4, -0.2) is 46.3 Å². The van der Waals surface area contributed by atoms with Crippen LogP contribution < -0.4 is 11.1 Å². The molecule has 1 aliphatic rings. The van der Waals surface area contributed by atoms with Crippen molar-refractivity contribution >= 4 is 28.3 Å². The highest BCUT2D eigenvalue weighted by Gasteiger charge is 2.24. The smallest absolute Gasteiger partial charge is 0.248 e. The van der Waals surface area contributed by atoms with E-state index in [9.17, 15) is 9.59 Å². The molecule has 8 heteroatoms. The van der Waals surface area contributed by atoms with Gasteiger partial charge < -0.3 is 11.1 Å². The van der Waals surface area contributed by atoms with E-state index in [0.717, 1.165) is 42.9 Å². The van der Waals surface area contributed by atoms with Crippen LogP contribution in [0.15, 0.2) is 54.0 Å². The Morgan fingerprint density at radius 3 is 2.90 bits per heavy atom. The molecule has 7 nitrogen and oxygen atoms in total. The molecular formula is C22H23N5O2S. The van der Waals surface area contributed by atoms with E-state index in [4.69, 9.17) is 10.7 Å². The van der Waals surface area contributed by atoms with Crippen LogP contribution >= 0.6 is 11.3 Å². The minimum absolute atomic E-state index is 0.0458. The van der Waals surface area contributed by atoms with Gasteiger partial charge in [0.25, 0.3) is 0 Å². The lowest BCUT2D eigenvalue weighted by molar-refractivity contribution is -0.117. The van der Waals surface area contributed by atoms with Gasteiger partial charge in [-0.15, -0.1) is 11.3 Å². The fourth-order valence-corrected chi connectivity index (χ4v) is 4.30. The van der Waals surface area contributed by atoms with Crippen molar-refractivity contribution < 1.29 is 9.59 Å². The number of nitrogens with two attached hydrogens (primary N) is 1. The first-order chi connectivity index (χ1) is 14.6. The molecule has 154 valence electrons. The molecule has 0 aliphatic carbocycles. The van der Waals surface area contributed by atoms with Crippen LogP contribution in [0.2, 0.25) is 0 Å². The van der Waals surface area contributed by atoms with Crippen molar-refractivity contribution in [3.63, 3.8) is 0 Å². The molecule has 2 amide bonds. The zero-order valence-electron chi connectivity index (χ0n) is 16.5. The average Bonchev–Trinajstić information content (AvgIpc) is 3.27. The Labute approximate surface area is 179 Å². The van der Waals surface area contributed by atoms with Gasteiger partial charge in [0.15, 0.2) is 5.13 Å². The Morgan fingerprint density at radius 2 is 2.10 bits per heavy atom. The first-order valence-corrected chi connectivity index (χ1v) is 10.8. The molecule has 3 heterocycles. The quantitative estimate of drug-likeness (QED) is 0.637. The number of hydrogen-bond donors (Lipinski definition) is 2. The van der Waals surface area contributed by atoms with Crippen molar-refractivity contribution in [2.24, 2.45) is 5.73 Å². The van der Waals surface area contributed by atoms with Crippen LogP contribution in [-0.2, 0) is 4.79 Å². The number of likely N-dealkylation sites (tertiary alicyclic amines) is 1. The van der Waals surface area contributed by atoms with E-state index < -0.39 is 5.91 Å². The van der Waals surface area contributed by atoms with Crippen molar-refractivity contribution in [3.05, 3.63) is 65.3 Å². The monoisotopic (exact) mass is 421 g/mol. The van der Waals surface area contributed by atoms with Crippen LogP contribution in [0.3, 0.4) is 0 Å². The molecular weight excluding hydrogens is 398 g/mol. The number of hydrogen-bond acceptors (Lipinski definition) is 6. The van der Waals surface area contributed by atoms with Crippen molar-refractivity contribution in [1.82, 2.24) is 14.9 Å². The third-order valence-corrected chi connectivity index (χ3v) is 5.87. The highest BCUT2D eigenvalue weighted by atomic mass is 32.1. The number of anilines is 1. The molecule has 0 bridgehead atoms. The number of carbonyl (C=O) groups is 2. The molecule has 3 aromatic rings. The van der Waals surface area contributed by atoms with Crippen molar-refractivity contribution in [2.45, 2.75) is 18.8 Å². The van der Waals surface area contributed by atoms with E-state index in [1.54, 1.807) is 18.3 Å². The first kappa shape index (κ1) is 20.2. The summed E-state index contributed by atoms with van der Waals surface area (Å²) < 4.78 is 0. The first-order valence-electron chi connectivity index (χ1n) is 9.87. The second kappa shape index (κ2) is 9.15. The third kappa shape index (κ3) is 4.90. The van der Waals surface area contributed by atoms with E-state index in [2.05, 4.69) is 15.2 Å². The molecule has 0 radical (unpaired) electrons. The molecule has 0 spiro atoms. The Kier molecular flexibility index (Phi) is 6.15. The highest BCUT2D eigenvalue weighted by molar-refractivity contribution is 7.13. The minimum Gasteiger partial charge on any atom is -0.366 e. The lowest BCUT2D eigenvalue weighted by Gasteiger charge is -2.32. The molecule has 30 heavy (non-hydrogen) atoms. The van der Waals surface area contributed by atoms with Gasteiger partial charge >= 0.3 is 0 Å². The fourth-order valence-electron chi connectivity index (χ4n) is 3.76. The Balaban J connectivity index is 1.45. The van der Waals surface area contributed by atoms with E-state index in [1.807, 2.05) is 35.7 Å². The maximum absolute atomic E-state index is 12.3. The lowest BCUT2D eigenvalue weighted by atomic mass is 9.93. The fraction of sp³-hybridized carbons (Fsp3) is 0.273. The molecule has 2 aromatic heterocycles. The summed E-state index contributed by atoms with van der Waals surface area (Å²) >= 11 is 1.41. The third-order valence-electron chi connectivity index (χ3n) is 5.18. The van der Waals surface area contributed by atoms with Crippen molar-refractivity contribution in [1.29, 1.82) is 0 Å². The van der Waals surface area contributed by atoms with Crippen molar-refractivity contribution in [3.8, 4) is 11.3 Å². The Hall–Kier alpha value is -3.10. The SMILES string of the molecule is NC(=O)c1cccc(-c2cccc([C@@H]3CCCN(CC(=O)Nc4nccs4)C3)n2)c1. The number of primary amides is 1. The van der Waals surface area contributed by atoms with E-state index >= 15 is 0 Å². The largest absolute Gasteiger partial charge is 0.366 e. The zero-order valence-corrected chi connectivity index (χ0v) is 17.3. The summed E-state index contributed by atoms with van der Waals surface area (Å²) in [6.45, 7) is 2.02. The molecule has 1 aromatic carbocycles. The van der Waals surface area contributed by atoms with E-state index in [0.29, 0.717) is 17.2 Å². The summed E-state index contributed by atoms with van der Waals surface area (Å²) in [6.07, 6.45) is 3.72. The standard InChI is InChI=1S/C22H23N5O2S/c23-21(29)16-5-1-4-15(12-16)18-7-2-8-19(25-18)17-6-3-10-27(13-17)14-20(28)26-22-24-9-11-30-22/h1-2,4-5,7-9,11-12,17H,3,6,10,13-14H2,(H2,23,29)(H,24,26,28)/t17-/m1/s1. The number of nitrogens with one attached hydrogen (secondary N) is 1. The molecule has 0 saturated carbocycles. The second-order valence-electron chi connectivity index (χ2n) is 7.35. The van der Waals surface area contributed by atoms with Gasteiger partial charge in [0, 0.05) is 40.9 Å². The topological polar surface area (TPSA) is 101 Å². The van der Waals surface area contributed by atoms with Crippen LogP contribution in [0.4, 0.5) is 5.13 Å². The molecule has 1 saturated heterocycles. The van der Waals surface area contributed by atoms with Gasteiger partial charge in [-0.25, -0.2) is 4.98 Å². The van der Waals surface area contributed by atoms with Crippen molar-refractivity contribution in [2.75, 3.05) is 25.0 Å². The molecule has 4 rings (SSSR count). The van der Waals surface area contributed by atoms with Crippen LogP contribution in [0, 0.1) is 0 Å². The number of aromatic nitrogens is 2. The van der Waals surface area contributed by atoms with Gasteiger partial charge in [-0.3, -0.25) is 19.5 Å². The summed E-state index contributed by atoms with van der Waals surface area (Å²) in [6, 6.07) is 13.2. The zero-order chi connectivity index (χ0) is 20.9. The van der Waals surface area contributed by atoms with Gasteiger partial charge in [-0.1, -0.05) is 18.2 Å². The molecule has 1 fully saturated rings.